The molecule has 0 atom stereocenters. The molecule has 4 rings (SSSR count). The molecule has 0 bridgehead atoms. The first-order chi connectivity index (χ1) is 14.2. The molecular formula is C22H27N5O2. The molecule has 1 N–H and O–H groups in total. The van der Waals surface area contributed by atoms with E-state index in [9.17, 15) is 0 Å². The molecule has 0 aliphatic carbocycles. The van der Waals surface area contributed by atoms with Gasteiger partial charge in [-0.2, -0.15) is 0 Å². The third kappa shape index (κ3) is 5.32. The molecule has 7 nitrogen and oxygen atoms in total. The van der Waals surface area contributed by atoms with Crippen molar-refractivity contribution in [3.63, 3.8) is 0 Å². The second kappa shape index (κ2) is 9.05. The summed E-state index contributed by atoms with van der Waals surface area (Å²) in [6, 6.07) is 12.0. The molecule has 152 valence electrons. The first-order valence-corrected chi connectivity index (χ1v) is 10.1. The fourth-order valence-corrected chi connectivity index (χ4v) is 3.42. The van der Waals surface area contributed by atoms with Crippen molar-refractivity contribution in [1.82, 2.24) is 20.1 Å². The SMILES string of the molecule is Cc1nnc(-c2ccc(NCc3ccnc(OCC4CCN(C)CC4)c3)cc2)o1. The number of ether oxygens (including phenoxy) is 1. The lowest BCUT2D eigenvalue weighted by Crippen LogP contribution is -2.32. The number of benzene rings is 1. The Hall–Kier alpha value is -2.93. The van der Waals surface area contributed by atoms with E-state index in [0.29, 0.717) is 30.1 Å². The molecule has 0 radical (unpaired) electrons. The molecule has 7 heteroatoms. The van der Waals surface area contributed by atoms with Crippen molar-refractivity contribution in [2.45, 2.75) is 26.3 Å². The van der Waals surface area contributed by atoms with Crippen molar-refractivity contribution >= 4 is 5.69 Å². The van der Waals surface area contributed by atoms with Crippen molar-refractivity contribution in [1.29, 1.82) is 0 Å². The lowest BCUT2D eigenvalue weighted by molar-refractivity contribution is 0.157. The normalized spacial score (nSPS) is 15.4. The van der Waals surface area contributed by atoms with Gasteiger partial charge in [-0.15, -0.1) is 10.2 Å². The Kier molecular flexibility index (Phi) is 6.05. The van der Waals surface area contributed by atoms with E-state index in [1.54, 1.807) is 6.92 Å². The highest BCUT2D eigenvalue weighted by molar-refractivity contribution is 5.58. The predicted octanol–water partition coefficient (Wildman–Crippen LogP) is 3.77. The third-order valence-electron chi connectivity index (χ3n) is 5.26. The van der Waals surface area contributed by atoms with Crippen molar-refractivity contribution in [2.75, 3.05) is 32.1 Å². The Labute approximate surface area is 171 Å². The fraction of sp³-hybridized carbons (Fsp3) is 0.409. The molecule has 1 saturated heterocycles. The summed E-state index contributed by atoms with van der Waals surface area (Å²) in [4.78, 5) is 6.73. The van der Waals surface area contributed by atoms with Crippen LogP contribution in [0.1, 0.15) is 24.3 Å². The van der Waals surface area contributed by atoms with Gasteiger partial charge in [-0.25, -0.2) is 4.98 Å². The Bertz CT molecular complexity index is 917. The Morgan fingerprint density at radius 1 is 1.14 bits per heavy atom. The van der Waals surface area contributed by atoms with Crippen LogP contribution in [0.3, 0.4) is 0 Å². The zero-order valence-electron chi connectivity index (χ0n) is 17.0. The van der Waals surface area contributed by atoms with E-state index < -0.39 is 0 Å². The highest BCUT2D eigenvalue weighted by Gasteiger charge is 2.17. The van der Waals surface area contributed by atoms with E-state index in [2.05, 4.69) is 32.4 Å². The van der Waals surface area contributed by atoms with Crippen molar-refractivity contribution in [2.24, 2.45) is 5.92 Å². The summed E-state index contributed by atoms with van der Waals surface area (Å²) in [6.45, 7) is 5.53. The van der Waals surface area contributed by atoms with Crippen LogP contribution in [0.25, 0.3) is 11.5 Å². The lowest BCUT2D eigenvalue weighted by Gasteiger charge is -2.28. The van der Waals surface area contributed by atoms with Crippen LogP contribution in [0.4, 0.5) is 5.69 Å². The summed E-state index contributed by atoms with van der Waals surface area (Å²) in [5.74, 6) is 2.42. The molecule has 0 unspecified atom stereocenters. The van der Waals surface area contributed by atoms with Crippen LogP contribution in [-0.2, 0) is 6.54 Å². The van der Waals surface area contributed by atoms with Crippen LogP contribution in [-0.4, -0.2) is 46.8 Å². The Morgan fingerprint density at radius 2 is 1.93 bits per heavy atom. The van der Waals surface area contributed by atoms with Crippen molar-refractivity contribution in [3.8, 4) is 17.3 Å². The molecule has 0 amide bonds. The minimum absolute atomic E-state index is 0.537. The van der Waals surface area contributed by atoms with E-state index in [4.69, 9.17) is 9.15 Å². The quantitative estimate of drug-likeness (QED) is 0.655. The van der Waals surface area contributed by atoms with Crippen LogP contribution < -0.4 is 10.1 Å². The molecule has 3 aromatic rings. The number of nitrogens with zero attached hydrogens (tertiary/aromatic N) is 4. The average molecular weight is 393 g/mol. The van der Waals surface area contributed by atoms with E-state index in [1.807, 2.05) is 42.6 Å². The molecule has 1 fully saturated rings. The standard InChI is InChI=1S/C22H27N5O2/c1-16-25-26-22(29-16)19-3-5-20(6-4-19)24-14-18-7-10-23-21(13-18)28-15-17-8-11-27(2)12-9-17/h3-7,10,13,17,24H,8-9,11-12,14-15H2,1-2H3. The Morgan fingerprint density at radius 3 is 2.66 bits per heavy atom. The molecule has 2 aromatic heterocycles. The van der Waals surface area contributed by atoms with Crippen LogP contribution in [0.2, 0.25) is 0 Å². The van der Waals surface area contributed by atoms with E-state index in [1.165, 1.54) is 12.8 Å². The number of likely N-dealkylation sites (tertiary alicyclic amines) is 1. The zero-order valence-corrected chi connectivity index (χ0v) is 17.0. The average Bonchev–Trinajstić information content (AvgIpc) is 3.19. The van der Waals surface area contributed by atoms with Gasteiger partial charge < -0.3 is 19.4 Å². The van der Waals surface area contributed by atoms with Crippen molar-refractivity contribution in [3.05, 3.63) is 54.0 Å². The summed E-state index contributed by atoms with van der Waals surface area (Å²) >= 11 is 0. The maximum atomic E-state index is 5.96. The van der Waals surface area contributed by atoms with Gasteiger partial charge in [-0.1, -0.05) is 0 Å². The predicted molar refractivity (Wildman–Crippen MR) is 112 cm³/mol. The zero-order chi connectivity index (χ0) is 20.1. The topological polar surface area (TPSA) is 76.3 Å². The maximum absolute atomic E-state index is 5.96. The van der Waals surface area contributed by atoms with Gasteiger partial charge in [0.15, 0.2) is 0 Å². The number of nitrogens with one attached hydrogen (secondary N) is 1. The molecule has 29 heavy (non-hydrogen) atoms. The Balaban J connectivity index is 1.29. The van der Waals surface area contributed by atoms with Crippen LogP contribution in [0, 0.1) is 12.8 Å². The fourth-order valence-electron chi connectivity index (χ4n) is 3.42. The monoisotopic (exact) mass is 393 g/mol. The van der Waals surface area contributed by atoms with Crippen LogP contribution in [0.5, 0.6) is 5.88 Å². The highest BCUT2D eigenvalue weighted by atomic mass is 16.5. The van der Waals surface area contributed by atoms with Gasteiger partial charge in [0.05, 0.1) is 6.61 Å². The first kappa shape index (κ1) is 19.4. The summed E-state index contributed by atoms with van der Waals surface area (Å²) in [5.41, 5.74) is 3.07. The summed E-state index contributed by atoms with van der Waals surface area (Å²) in [6.07, 6.45) is 4.19. The number of aryl methyl sites for hydroxylation is 1. The summed E-state index contributed by atoms with van der Waals surface area (Å²) in [7, 11) is 2.18. The van der Waals surface area contributed by atoms with Gasteiger partial charge in [-0.3, -0.25) is 0 Å². The summed E-state index contributed by atoms with van der Waals surface area (Å²) < 4.78 is 11.4. The minimum atomic E-state index is 0.537. The molecular weight excluding hydrogens is 366 g/mol. The van der Waals surface area contributed by atoms with E-state index >= 15 is 0 Å². The number of rotatable bonds is 7. The molecule has 1 aromatic carbocycles. The summed E-state index contributed by atoms with van der Waals surface area (Å²) in [5, 5.41) is 11.3. The number of piperidine rings is 1. The van der Waals surface area contributed by atoms with Gasteiger partial charge in [0.1, 0.15) is 0 Å². The number of aromatic nitrogens is 3. The second-order valence-electron chi connectivity index (χ2n) is 7.62. The largest absolute Gasteiger partial charge is 0.477 e. The van der Waals surface area contributed by atoms with Gasteiger partial charge >= 0.3 is 0 Å². The van der Waals surface area contributed by atoms with Gasteiger partial charge in [0, 0.05) is 37.0 Å². The number of pyridine rings is 1. The number of hydrogen-bond acceptors (Lipinski definition) is 7. The molecule has 3 heterocycles. The van der Waals surface area contributed by atoms with Gasteiger partial charge in [0.2, 0.25) is 17.7 Å². The van der Waals surface area contributed by atoms with E-state index in [-0.39, 0.29) is 0 Å². The second-order valence-corrected chi connectivity index (χ2v) is 7.62. The van der Waals surface area contributed by atoms with Gasteiger partial charge in [-0.05, 0) is 74.8 Å². The smallest absolute Gasteiger partial charge is 0.247 e. The molecule has 0 saturated carbocycles. The van der Waals surface area contributed by atoms with Crippen molar-refractivity contribution < 1.29 is 9.15 Å². The molecule has 0 spiro atoms. The third-order valence-corrected chi connectivity index (χ3v) is 5.26. The number of anilines is 1. The minimum Gasteiger partial charge on any atom is -0.477 e. The maximum Gasteiger partial charge on any atom is 0.247 e. The van der Waals surface area contributed by atoms with Crippen LogP contribution in [0.15, 0.2) is 47.0 Å². The lowest BCUT2D eigenvalue weighted by atomic mass is 9.98. The highest BCUT2D eigenvalue weighted by Crippen LogP contribution is 2.21. The number of hydrogen-bond donors (Lipinski definition) is 1. The first-order valence-electron chi connectivity index (χ1n) is 10.1. The van der Waals surface area contributed by atoms with Crippen LogP contribution >= 0.6 is 0 Å². The molecule has 1 aliphatic rings. The van der Waals surface area contributed by atoms with Gasteiger partial charge in [0.25, 0.3) is 0 Å². The molecule has 1 aliphatic heterocycles. The van der Waals surface area contributed by atoms with E-state index in [0.717, 1.165) is 36.5 Å².